The molecule has 4 heteroatoms. The van der Waals surface area contributed by atoms with Gasteiger partial charge < -0.3 is 5.32 Å². The number of hydrogen-bond donors (Lipinski definition) is 2. The monoisotopic (exact) mass is 312 g/mol. The summed E-state index contributed by atoms with van der Waals surface area (Å²) in [7, 11) is 0. The molecule has 2 aromatic carbocycles. The van der Waals surface area contributed by atoms with Crippen molar-refractivity contribution in [2.24, 2.45) is 0 Å². The summed E-state index contributed by atoms with van der Waals surface area (Å²) >= 11 is 5.25. The van der Waals surface area contributed by atoms with E-state index in [4.69, 9.17) is 12.2 Å². The molecule has 0 saturated heterocycles. The number of carbonyl (C=O) groups is 1. The maximum Gasteiger partial charge on any atom is 0.257 e. The van der Waals surface area contributed by atoms with Gasteiger partial charge in [-0.1, -0.05) is 18.2 Å². The van der Waals surface area contributed by atoms with Crippen LogP contribution in [-0.4, -0.2) is 11.0 Å². The number of amides is 1. The van der Waals surface area contributed by atoms with Crippen LogP contribution in [0.4, 0.5) is 5.69 Å². The van der Waals surface area contributed by atoms with Crippen molar-refractivity contribution in [3.63, 3.8) is 0 Å². The Hall–Kier alpha value is -2.20. The summed E-state index contributed by atoms with van der Waals surface area (Å²) in [5.41, 5.74) is 6.36. The van der Waals surface area contributed by atoms with Crippen LogP contribution in [0.1, 0.15) is 32.6 Å². The van der Waals surface area contributed by atoms with Crippen LogP contribution < -0.4 is 10.6 Å². The molecule has 22 heavy (non-hydrogen) atoms. The second-order valence-corrected chi connectivity index (χ2v) is 5.80. The molecule has 0 atom stereocenters. The van der Waals surface area contributed by atoms with Gasteiger partial charge in [0, 0.05) is 11.3 Å². The van der Waals surface area contributed by atoms with E-state index in [9.17, 15) is 4.79 Å². The number of rotatable bonds is 2. The van der Waals surface area contributed by atoms with Crippen molar-refractivity contribution in [2.45, 2.75) is 27.7 Å². The van der Waals surface area contributed by atoms with Gasteiger partial charge in [0.1, 0.15) is 0 Å². The van der Waals surface area contributed by atoms with E-state index in [1.165, 1.54) is 16.7 Å². The molecule has 2 aromatic rings. The van der Waals surface area contributed by atoms with Gasteiger partial charge in [-0.05, 0) is 80.4 Å². The van der Waals surface area contributed by atoms with Gasteiger partial charge in [-0.25, -0.2) is 0 Å². The molecule has 2 N–H and O–H groups in total. The van der Waals surface area contributed by atoms with Gasteiger partial charge in [0.2, 0.25) is 0 Å². The lowest BCUT2D eigenvalue weighted by Gasteiger charge is -2.16. The van der Waals surface area contributed by atoms with Crippen LogP contribution in [0.2, 0.25) is 0 Å². The number of hydrogen-bond acceptors (Lipinski definition) is 2. The van der Waals surface area contributed by atoms with Crippen molar-refractivity contribution < 1.29 is 4.79 Å². The molecule has 0 saturated carbocycles. The van der Waals surface area contributed by atoms with Crippen LogP contribution >= 0.6 is 12.2 Å². The van der Waals surface area contributed by atoms with Crippen LogP contribution in [0.5, 0.6) is 0 Å². The Kier molecular flexibility index (Phi) is 4.93. The van der Waals surface area contributed by atoms with Crippen LogP contribution in [0.3, 0.4) is 0 Å². The fourth-order valence-corrected chi connectivity index (χ4v) is 2.46. The summed E-state index contributed by atoms with van der Waals surface area (Å²) < 4.78 is 0. The van der Waals surface area contributed by atoms with Crippen molar-refractivity contribution in [3.05, 3.63) is 64.2 Å². The smallest absolute Gasteiger partial charge is 0.257 e. The molecule has 0 radical (unpaired) electrons. The van der Waals surface area contributed by atoms with Gasteiger partial charge in [-0.2, -0.15) is 0 Å². The quantitative estimate of drug-likeness (QED) is 0.822. The third-order valence-electron chi connectivity index (χ3n) is 3.99. The van der Waals surface area contributed by atoms with E-state index in [-0.39, 0.29) is 5.91 Å². The van der Waals surface area contributed by atoms with E-state index >= 15 is 0 Å². The highest BCUT2D eigenvalue weighted by Crippen LogP contribution is 2.25. The van der Waals surface area contributed by atoms with Crippen LogP contribution in [-0.2, 0) is 0 Å². The van der Waals surface area contributed by atoms with Crippen molar-refractivity contribution in [3.8, 4) is 0 Å². The highest BCUT2D eigenvalue weighted by atomic mass is 32.1. The molecule has 0 bridgehead atoms. The molecule has 0 aromatic heterocycles. The minimum atomic E-state index is -0.212. The average Bonchev–Trinajstić information content (AvgIpc) is 2.51. The Balaban J connectivity index is 2.12. The SMILES string of the molecule is Cc1cc(NC(=S)NC(=O)c2ccccc2)c(C)c(C)c1C. The molecule has 0 fully saturated rings. The Bertz CT molecular complexity index is 724. The van der Waals surface area contributed by atoms with E-state index in [2.05, 4.69) is 37.5 Å². The molecule has 2 rings (SSSR count). The third-order valence-corrected chi connectivity index (χ3v) is 4.20. The predicted octanol–water partition coefficient (Wildman–Crippen LogP) is 4.05. The summed E-state index contributed by atoms with van der Waals surface area (Å²) in [4.78, 5) is 12.1. The highest BCUT2D eigenvalue weighted by molar-refractivity contribution is 7.80. The van der Waals surface area contributed by atoms with Crippen molar-refractivity contribution in [2.75, 3.05) is 5.32 Å². The van der Waals surface area contributed by atoms with Gasteiger partial charge in [-0.3, -0.25) is 10.1 Å². The maximum atomic E-state index is 12.1. The van der Waals surface area contributed by atoms with Gasteiger partial charge in [0.05, 0.1) is 0 Å². The van der Waals surface area contributed by atoms with Crippen molar-refractivity contribution >= 4 is 28.9 Å². The molecule has 1 amide bonds. The van der Waals surface area contributed by atoms with Gasteiger partial charge in [0.15, 0.2) is 5.11 Å². The molecular weight excluding hydrogens is 292 g/mol. The van der Waals surface area contributed by atoms with Crippen molar-refractivity contribution in [1.29, 1.82) is 0 Å². The van der Waals surface area contributed by atoms with E-state index in [0.29, 0.717) is 10.7 Å². The first-order chi connectivity index (χ1) is 10.4. The minimum Gasteiger partial charge on any atom is -0.332 e. The molecule has 0 unspecified atom stereocenters. The lowest BCUT2D eigenvalue weighted by atomic mass is 9.98. The fourth-order valence-electron chi connectivity index (χ4n) is 2.26. The first kappa shape index (κ1) is 16.2. The minimum absolute atomic E-state index is 0.212. The normalized spacial score (nSPS) is 10.2. The molecule has 0 heterocycles. The van der Waals surface area contributed by atoms with Crippen LogP contribution in [0.25, 0.3) is 0 Å². The number of nitrogens with one attached hydrogen (secondary N) is 2. The topological polar surface area (TPSA) is 41.1 Å². The Morgan fingerprint density at radius 2 is 1.59 bits per heavy atom. The maximum absolute atomic E-state index is 12.1. The lowest BCUT2D eigenvalue weighted by Crippen LogP contribution is -2.34. The fraction of sp³-hybridized carbons (Fsp3) is 0.222. The zero-order valence-electron chi connectivity index (χ0n) is 13.3. The molecule has 0 aliphatic rings. The predicted molar refractivity (Wildman–Crippen MR) is 95.5 cm³/mol. The Morgan fingerprint density at radius 3 is 2.23 bits per heavy atom. The molecule has 0 aliphatic carbocycles. The van der Waals surface area contributed by atoms with E-state index in [0.717, 1.165) is 11.3 Å². The van der Waals surface area contributed by atoms with E-state index in [1.807, 2.05) is 25.1 Å². The van der Waals surface area contributed by atoms with Gasteiger partial charge in [-0.15, -0.1) is 0 Å². The van der Waals surface area contributed by atoms with Crippen molar-refractivity contribution in [1.82, 2.24) is 5.32 Å². The number of anilines is 1. The lowest BCUT2D eigenvalue weighted by molar-refractivity contribution is 0.0977. The standard InChI is InChI=1S/C18H20N2OS/c1-11-10-16(14(4)13(3)12(11)2)19-18(22)20-17(21)15-8-6-5-7-9-15/h5-10H,1-4H3,(H2,19,20,21,22). The van der Waals surface area contributed by atoms with E-state index < -0.39 is 0 Å². The number of carbonyl (C=O) groups excluding carboxylic acids is 1. The molecule has 114 valence electrons. The van der Waals surface area contributed by atoms with Gasteiger partial charge >= 0.3 is 0 Å². The first-order valence-corrected chi connectivity index (χ1v) is 7.55. The number of aryl methyl sites for hydroxylation is 1. The number of thiocarbonyl (C=S) groups is 1. The summed E-state index contributed by atoms with van der Waals surface area (Å²) in [6.45, 7) is 8.32. The summed E-state index contributed by atoms with van der Waals surface area (Å²) in [6, 6.07) is 11.1. The second kappa shape index (κ2) is 6.71. The van der Waals surface area contributed by atoms with Crippen LogP contribution in [0, 0.1) is 27.7 Å². The Labute approximate surface area is 136 Å². The van der Waals surface area contributed by atoms with Gasteiger partial charge in [0.25, 0.3) is 5.91 Å². The first-order valence-electron chi connectivity index (χ1n) is 7.15. The van der Waals surface area contributed by atoms with E-state index in [1.54, 1.807) is 12.1 Å². The summed E-state index contributed by atoms with van der Waals surface area (Å²) in [5.74, 6) is -0.212. The largest absolute Gasteiger partial charge is 0.332 e. The highest BCUT2D eigenvalue weighted by Gasteiger charge is 2.11. The Morgan fingerprint density at radius 1 is 0.955 bits per heavy atom. The molecule has 3 nitrogen and oxygen atoms in total. The second-order valence-electron chi connectivity index (χ2n) is 5.39. The zero-order valence-corrected chi connectivity index (χ0v) is 14.1. The molecular formula is C18H20N2OS. The third kappa shape index (κ3) is 3.52. The molecule has 0 aliphatic heterocycles. The summed E-state index contributed by atoms with van der Waals surface area (Å²) in [6.07, 6.45) is 0. The molecule has 0 spiro atoms. The average molecular weight is 312 g/mol. The summed E-state index contributed by atoms with van der Waals surface area (Å²) in [5, 5.41) is 6.13. The number of benzene rings is 2. The van der Waals surface area contributed by atoms with Crippen LogP contribution in [0.15, 0.2) is 36.4 Å². The zero-order chi connectivity index (χ0) is 16.3.